The smallest absolute Gasteiger partial charge is 0.358 e. The standard InChI is InChI=1S/C21H17NO5S2/c23-17-11-18-22(17)16(12-28-29-18)20(24)26-13-27-21(25)19(14-7-3-1-4-8-14)15-9-5-2-6-10-15/h1-10,12,18-19H,11,13H2/t18-/m1/s1. The Balaban J connectivity index is 1.40. The first-order valence-electron chi connectivity index (χ1n) is 8.93. The van der Waals surface area contributed by atoms with Crippen LogP contribution in [0.2, 0.25) is 0 Å². The van der Waals surface area contributed by atoms with Crippen LogP contribution in [0.15, 0.2) is 71.8 Å². The molecule has 8 heteroatoms. The Morgan fingerprint density at radius 1 is 1.00 bits per heavy atom. The molecule has 2 aliphatic rings. The monoisotopic (exact) mass is 427 g/mol. The van der Waals surface area contributed by atoms with Gasteiger partial charge in [0.15, 0.2) is 0 Å². The van der Waals surface area contributed by atoms with Crippen molar-refractivity contribution in [1.29, 1.82) is 0 Å². The Bertz CT molecular complexity index is 909. The van der Waals surface area contributed by atoms with E-state index in [0.29, 0.717) is 6.42 Å². The molecule has 0 N–H and O–H groups in total. The lowest BCUT2D eigenvalue weighted by Gasteiger charge is -2.41. The van der Waals surface area contributed by atoms with Crippen molar-refractivity contribution in [3.63, 3.8) is 0 Å². The van der Waals surface area contributed by atoms with E-state index in [9.17, 15) is 14.4 Å². The summed E-state index contributed by atoms with van der Waals surface area (Å²) >= 11 is 0. The normalized spacial score (nSPS) is 17.8. The van der Waals surface area contributed by atoms with Crippen molar-refractivity contribution >= 4 is 39.4 Å². The fraction of sp³-hybridized carbons (Fsp3) is 0.190. The molecule has 1 amide bonds. The van der Waals surface area contributed by atoms with E-state index in [2.05, 4.69) is 0 Å². The second-order valence-electron chi connectivity index (χ2n) is 6.39. The molecule has 2 aromatic carbocycles. The highest BCUT2D eigenvalue weighted by molar-refractivity contribution is 8.78. The molecule has 0 unspecified atom stereocenters. The number of hydrogen-bond acceptors (Lipinski definition) is 7. The fourth-order valence-electron chi connectivity index (χ4n) is 3.15. The minimum Gasteiger partial charge on any atom is -0.427 e. The van der Waals surface area contributed by atoms with E-state index in [0.717, 1.165) is 11.1 Å². The van der Waals surface area contributed by atoms with Crippen LogP contribution in [0.25, 0.3) is 0 Å². The number of benzene rings is 2. The third-order valence-electron chi connectivity index (χ3n) is 4.59. The van der Waals surface area contributed by atoms with Gasteiger partial charge in [0.2, 0.25) is 12.7 Å². The van der Waals surface area contributed by atoms with Crippen molar-refractivity contribution in [3.8, 4) is 0 Å². The molecule has 2 aromatic rings. The van der Waals surface area contributed by atoms with Crippen molar-refractivity contribution in [2.75, 3.05) is 6.79 Å². The first-order chi connectivity index (χ1) is 14.1. The number of carbonyl (C=O) groups is 3. The summed E-state index contributed by atoms with van der Waals surface area (Å²) in [6, 6.07) is 18.5. The Hall–Kier alpha value is -2.71. The Morgan fingerprint density at radius 3 is 2.21 bits per heavy atom. The summed E-state index contributed by atoms with van der Waals surface area (Å²) in [6.45, 7) is -0.518. The third kappa shape index (κ3) is 4.18. The van der Waals surface area contributed by atoms with Gasteiger partial charge >= 0.3 is 11.9 Å². The predicted octanol–water partition coefficient (Wildman–Crippen LogP) is 3.66. The third-order valence-corrected chi connectivity index (χ3v) is 6.91. The van der Waals surface area contributed by atoms with Gasteiger partial charge in [-0.15, -0.1) is 0 Å². The summed E-state index contributed by atoms with van der Waals surface area (Å²) < 4.78 is 10.4. The summed E-state index contributed by atoms with van der Waals surface area (Å²) in [6.07, 6.45) is 0.410. The van der Waals surface area contributed by atoms with Crippen molar-refractivity contribution in [3.05, 3.63) is 82.9 Å². The maximum Gasteiger partial charge on any atom is 0.358 e. The first-order valence-corrected chi connectivity index (χ1v) is 11.2. The number of amides is 1. The number of fused-ring (bicyclic) bond motifs is 1. The van der Waals surface area contributed by atoms with E-state index < -0.39 is 24.6 Å². The number of rotatable bonds is 6. The first kappa shape index (κ1) is 19.6. The Kier molecular flexibility index (Phi) is 5.92. The van der Waals surface area contributed by atoms with Crippen LogP contribution in [0.1, 0.15) is 23.5 Å². The van der Waals surface area contributed by atoms with Gasteiger partial charge in [-0.3, -0.25) is 14.5 Å². The van der Waals surface area contributed by atoms with Gasteiger partial charge in [0, 0.05) is 5.41 Å². The number of nitrogens with zero attached hydrogens (tertiary/aromatic N) is 1. The topological polar surface area (TPSA) is 72.9 Å². The molecule has 1 saturated heterocycles. The molecule has 0 spiro atoms. The quantitative estimate of drug-likeness (QED) is 0.301. The van der Waals surface area contributed by atoms with Gasteiger partial charge in [0.25, 0.3) is 0 Å². The molecule has 29 heavy (non-hydrogen) atoms. The van der Waals surface area contributed by atoms with Crippen LogP contribution in [-0.4, -0.2) is 34.9 Å². The summed E-state index contributed by atoms with van der Waals surface area (Å²) in [5, 5.41) is 1.54. The summed E-state index contributed by atoms with van der Waals surface area (Å²) in [4.78, 5) is 38.3. The highest BCUT2D eigenvalue weighted by atomic mass is 33.1. The van der Waals surface area contributed by atoms with Gasteiger partial charge in [-0.05, 0) is 11.1 Å². The van der Waals surface area contributed by atoms with E-state index in [-0.39, 0.29) is 17.0 Å². The van der Waals surface area contributed by atoms with E-state index in [4.69, 9.17) is 9.47 Å². The molecule has 4 rings (SSSR count). The van der Waals surface area contributed by atoms with Crippen molar-refractivity contribution in [2.45, 2.75) is 17.7 Å². The Morgan fingerprint density at radius 2 is 1.62 bits per heavy atom. The van der Waals surface area contributed by atoms with Crippen LogP contribution in [-0.2, 0) is 23.9 Å². The highest BCUT2D eigenvalue weighted by Gasteiger charge is 2.44. The fourth-order valence-corrected chi connectivity index (χ4v) is 5.45. The molecule has 2 aliphatic heterocycles. The zero-order chi connectivity index (χ0) is 20.2. The number of hydrogen-bond donors (Lipinski definition) is 0. The molecule has 6 nitrogen and oxygen atoms in total. The van der Waals surface area contributed by atoms with Gasteiger partial charge in [-0.25, -0.2) is 4.79 Å². The maximum atomic E-state index is 12.8. The molecule has 1 atom stereocenters. The number of β-lactam (4-membered cyclic amide) rings is 1. The summed E-state index contributed by atoms with van der Waals surface area (Å²) in [5.41, 5.74) is 1.76. The number of carbonyl (C=O) groups excluding carboxylic acids is 3. The molecule has 0 aromatic heterocycles. The molecular formula is C21H17NO5S2. The lowest BCUT2D eigenvalue weighted by atomic mass is 9.91. The summed E-state index contributed by atoms with van der Waals surface area (Å²) in [5.74, 6) is -1.94. The van der Waals surface area contributed by atoms with Crippen LogP contribution >= 0.6 is 21.6 Å². The van der Waals surface area contributed by atoms with Gasteiger partial charge in [0.05, 0.1) is 6.42 Å². The van der Waals surface area contributed by atoms with Crippen LogP contribution in [0, 0.1) is 0 Å². The zero-order valence-corrected chi connectivity index (χ0v) is 16.9. The van der Waals surface area contributed by atoms with E-state index in [1.807, 2.05) is 60.7 Å². The molecule has 0 saturated carbocycles. The van der Waals surface area contributed by atoms with Crippen LogP contribution in [0.5, 0.6) is 0 Å². The van der Waals surface area contributed by atoms with Crippen molar-refractivity contribution in [2.24, 2.45) is 0 Å². The second-order valence-corrected chi connectivity index (χ2v) is 8.70. The Labute approximate surface area is 175 Å². The average Bonchev–Trinajstić information content (AvgIpc) is 2.74. The SMILES string of the molecule is O=C(OCOC(=O)C(c1ccccc1)c1ccccc1)C1=CSS[C@@H]2CC(=O)N12. The molecule has 1 fully saturated rings. The average molecular weight is 428 g/mol. The lowest BCUT2D eigenvalue weighted by molar-refractivity contribution is -0.167. The molecule has 2 heterocycles. The van der Waals surface area contributed by atoms with Crippen LogP contribution in [0.3, 0.4) is 0 Å². The zero-order valence-electron chi connectivity index (χ0n) is 15.2. The molecule has 148 valence electrons. The van der Waals surface area contributed by atoms with Gasteiger partial charge in [-0.2, -0.15) is 0 Å². The maximum absolute atomic E-state index is 12.8. The predicted molar refractivity (Wildman–Crippen MR) is 110 cm³/mol. The lowest BCUT2D eigenvalue weighted by Crippen LogP contribution is -2.52. The minimum atomic E-state index is -0.681. The molecule has 0 bridgehead atoms. The van der Waals surface area contributed by atoms with Crippen molar-refractivity contribution < 1.29 is 23.9 Å². The van der Waals surface area contributed by atoms with Gasteiger partial charge in [0.1, 0.15) is 17.0 Å². The minimum absolute atomic E-state index is 0.0388. The van der Waals surface area contributed by atoms with Crippen LogP contribution in [0.4, 0.5) is 0 Å². The van der Waals surface area contributed by atoms with Crippen LogP contribution < -0.4 is 0 Å². The van der Waals surface area contributed by atoms with E-state index in [1.165, 1.54) is 26.5 Å². The number of ether oxygens (including phenoxy) is 2. The van der Waals surface area contributed by atoms with Gasteiger partial charge in [-0.1, -0.05) is 82.3 Å². The molecule has 0 aliphatic carbocycles. The molecule has 0 radical (unpaired) electrons. The summed E-state index contributed by atoms with van der Waals surface area (Å²) in [7, 11) is 2.91. The van der Waals surface area contributed by atoms with Gasteiger partial charge < -0.3 is 9.47 Å². The second kappa shape index (κ2) is 8.75. The largest absolute Gasteiger partial charge is 0.427 e. The highest BCUT2D eigenvalue weighted by Crippen LogP contribution is 2.45. The van der Waals surface area contributed by atoms with E-state index in [1.54, 1.807) is 5.41 Å². The molecular weight excluding hydrogens is 410 g/mol. The van der Waals surface area contributed by atoms with Crippen molar-refractivity contribution in [1.82, 2.24) is 4.90 Å². The number of esters is 2. The van der Waals surface area contributed by atoms with E-state index >= 15 is 0 Å².